The van der Waals surface area contributed by atoms with Gasteiger partial charge in [-0.2, -0.15) is 4.98 Å². The molecule has 4 atom stereocenters. The zero-order chi connectivity index (χ0) is 22.5. The van der Waals surface area contributed by atoms with Crippen LogP contribution in [0.5, 0.6) is 0 Å². The lowest BCUT2D eigenvalue weighted by Crippen LogP contribution is -2.48. The van der Waals surface area contributed by atoms with Crippen LogP contribution in [0.4, 0.5) is 11.8 Å². The molecular formula is C22H27N5O4S. The standard InChI is InChI=1S/C22H27N5O4S/c1-22(31)15(9-11(10-28)17(22)29)25-18-16(20-24-13-7-2-3-8-14(13)32-20)19(30)27-21(26-18)23-12-5-4-6-12/h2-3,7-8,11-12,15,17,28-29,31H,4-6,9-10H2,1H3,(H3,23,25,26,27,30). The summed E-state index contributed by atoms with van der Waals surface area (Å²) in [6, 6.07) is 7.32. The van der Waals surface area contributed by atoms with Crippen molar-refractivity contribution in [1.82, 2.24) is 15.0 Å². The Balaban J connectivity index is 1.57. The summed E-state index contributed by atoms with van der Waals surface area (Å²) >= 11 is 1.39. The van der Waals surface area contributed by atoms with Gasteiger partial charge in [-0.05, 0) is 44.7 Å². The molecule has 2 fully saturated rings. The Hall–Kier alpha value is -2.53. The van der Waals surface area contributed by atoms with Crippen LogP contribution in [-0.4, -0.2) is 60.7 Å². The van der Waals surface area contributed by atoms with Crippen LogP contribution >= 0.6 is 11.3 Å². The third-order valence-corrected chi connectivity index (χ3v) is 7.76. The number of hydrogen-bond acceptors (Lipinski definition) is 9. The van der Waals surface area contributed by atoms with Crippen LogP contribution in [0.25, 0.3) is 20.8 Å². The van der Waals surface area contributed by atoms with Gasteiger partial charge in [0.1, 0.15) is 22.0 Å². The van der Waals surface area contributed by atoms with Gasteiger partial charge in [-0.15, -0.1) is 11.3 Å². The fourth-order valence-corrected chi connectivity index (χ4v) is 5.48. The van der Waals surface area contributed by atoms with E-state index in [1.54, 1.807) is 0 Å². The summed E-state index contributed by atoms with van der Waals surface area (Å²) in [6.45, 7) is 1.29. The largest absolute Gasteiger partial charge is 0.396 e. The number of H-pyrrole nitrogens is 1. The predicted molar refractivity (Wildman–Crippen MR) is 124 cm³/mol. The zero-order valence-electron chi connectivity index (χ0n) is 17.7. The Kier molecular flexibility index (Phi) is 5.40. The van der Waals surface area contributed by atoms with E-state index in [0.717, 1.165) is 29.5 Å². The third kappa shape index (κ3) is 3.66. The predicted octanol–water partition coefficient (Wildman–Crippen LogP) is 1.92. The lowest BCUT2D eigenvalue weighted by atomic mass is 9.93. The quantitative estimate of drug-likeness (QED) is 0.329. The van der Waals surface area contributed by atoms with Crippen LogP contribution < -0.4 is 16.2 Å². The van der Waals surface area contributed by atoms with Crippen LogP contribution in [0.15, 0.2) is 29.1 Å². The van der Waals surface area contributed by atoms with Crippen LogP contribution in [0.3, 0.4) is 0 Å². The van der Waals surface area contributed by atoms with E-state index in [0.29, 0.717) is 28.8 Å². The number of rotatable bonds is 6. The SMILES string of the molecule is CC1(O)C(Nc2nc(NC3CCC3)[nH]c(=O)c2-c2nc3ccccc3s2)CC(CO)C1O. The average molecular weight is 458 g/mol. The lowest BCUT2D eigenvalue weighted by molar-refractivity contribution is -0.0647. The maximum Gasteiger partial charge on any atom is 0.264 e. The lowest BCUT2D eigenvalue weighted by Gasteiger charge is -2.30. The van der Waals surface area contributed by atoms with E-state index in [4.69, 9.17) is 0 Å². The van der Waals surface area contributed by atoms with Crippen molar-refractivity contribution in [3.05, 3.63) is 34.6 Å². The summed E-state index contributed by atoms with van der Waals surface area (Å²) in [5.41, 5.74) is -0.745. The first kappa shape index (κ1) is 21.3. The van der Waals surface area contributed by atoms with Gasteiger partial charge in [0.15, 0.2) is 0 Å². The first-order chi connectivity index (χ1) is 15.4. The molecule has 2 aliphatic rings. The molecule has 0 aliphatic heterocycles. The number of para-hydroxylation sites is 1. The first-order valence-electron chi connectivity index (χ1n) is 10.9. The fourth-order valence-electron chi connectivity index (χ4n) is 4.47. The van der Waals surface area contributed by atoms with Crippen LogP contribution in [0.1, 0.15) is 32.6 Å². The van der Waals surface area contributed by atoms with Crippen LogP contribution in [-0.2, 0) is 0 Å². The Morgan fingerprint density at radius 2 is 2.03 bits per heavy atom. The van der Waals surface area contributed by atoms with Crippen molar-refractivity contribution in [3.63, 3.8) is 0 Å². The highest BCUT2D eigenvalue weighted by Gasteiger charge is 2.50. The molecule has 2 heterocycles. The second-order valence-electron chi connectivity index (χ2n) is 8.94. The molecule has 4 unspecified atom stereocenters. The van der Waals surface area contributed by atoms with E-state index in [-0.39, 0.29) is 18.2 Å². The number of aliphatic hydroxyl groups excluding tert-OH is 2. The first-order valence-corrected chi connectivity index (χ1v) is 11.7. The highest BCUT2D eigenvalue weighted by atomic mass is 32.1. The summed E-state index contributed by atoms with van der Waals surface area (Å²) in [4.78, 5) is 25.3. The van der Waals surface area contributed by atoms with Gasteiger partial charge in [0.2, 0.25) is 5.95 Å². The molecule has 1 aromatic carbocycles. The van der Waals surface area contributed by atoms with Gasteiger partial charge in [0.05, 0.1) is 22.4 Å². The summed E-state index contributed by atoms with van der Waals surface area (Å²) in [7, 11) is 0. The van der Waals surface area contributed by atoms with Crippen molar-refractivity contribution in [2.24, 2.45) is 5.92 Å². The van der Waals surface area contributed by atoms with Crippen molar-refractivity contribution in [2.45, 2.75) is 56.4 Å². The minimum atomic E-state index is -1.50. The van der Waals surface area contributed by atoms with E-state index >= 15 is 0 Å². The topological polar surface area (TPSA) is 143 Å². The molecule has 2 saturated carbocycles. The molecule has 0 bridgehead atoms. The van der Waals surface area contributed by atoms with Gasteiger partial charge in [-0.1, -0.05) is 12.1 Å². The number of nitrogens with zero attached hydrogens (tertiary/aromatic N) is 2. The molecular weight excluding hydrogens is 430 g/mol. The van der Waals surface area contributed by atoms with Gasteiger partial charge >= 0.3 is 0 Å². The average Bonchev–Trinajstić information content (AvgIpc) is 3.24. The number of nitrogens with one attached hydrogen (secondary N) is 3. The molecule has 5 rings (SSSR count). The second kappa shape index (κ2) is 8.11. The van der Waals surface area contributed by atoms with E-state index in [1.807, 2.05) is 24.3 Å². The molecule has 9 nitrogen and oxygen atoms in total. The van der Waals surface area contributed by atoms with Gasteiger partial charge in [0.25, 0.3) is 5.56 Å². The number of aromatic nitrogens is 3. The number of thiazole rings is 1. The van der Waals surface area contributed by atoms with Gasteiger partial charge in [0, 0.05) is 18.6 Å². The molecule has 3 aromatic rings. The zero-order valence-corrected chi connectivity index (χ0v) is 18.5. The van der Waals surface area contributed by atoms with Crippen molar-refractivity contribution in [1.29, 1.82) is 0 Å². The number of hydrogen-bond donors (Lipinski definition) is 6. The van der Waals surface area contributed by atoms with E-state index in [1.165, 1.54) is 18.3 Å². The summed E-state index contributed by atoms with van der Waals surface area (Å²) < 4.78 is 0.952. The highest BCUT2D eigenvalue weighted by molar-refractivity contribution is 7.21. The minimum absolute atomic E-state index is 0.239. The third-order valence-electron chi connectivity index (χ3n) is 6.71. The Bertz CT molecular complexity index is 1160. The maximum absolute atomic E-state index is 13.2. The van der Waals surface area contributed by atoms with Crippen molar-refractivity contribution < 1.29 is 15.3 Å². The summed E-state index contributed by atoms with van der Waals surface area (Å²) in [5.74, 6) is 0.192. The Labute approximate surface area is 188 Å². The molecule has 0 radical (unpaired) electrons. The second-order valence-corrected chi connectivity index (χ2v) is 9.97. The molecule has 2 aromatic heterocycles. The molecule has 32 heavy (non-hydrogen) atoms. The van der Waals surface area contributed by atoms with Crippen molar-refractivity contribution in [3.8, 4) is 10.6 Å². The minimum Gasteiger partial charge on any atom is -0.396 e. The fraction of sp³-hybridized carbons (Fsp3) is 0.500. The van der Waals surface area contributed by atoms with Crippen LogP contribution in [0, 0.1) is 5.92 Å². The maximum atomic E-state index is 13.2. The highest BCUT2D eigenvalue weighted by Crippen LogP contribution is 2.39. The number of aliphatic hydroxyl groups is 3. The summed E-state index contributed by atoms with van der Waals surface area (Å²) in [6.07, 6.45) is 2.43. The van der Waals surface area contributed by atoms with Crippen LogP contribution in [0.2, 0.25) is 0 Å². The number of aromatic amines is 1. The molecule has 10 heteroatoms. The molecule has 170 valence electrons. The van der Waals surface area contributed by atoms with Gasteiger partial charge < -0.3 is 26.0 Å². The Morgan fingerprint density at radius 1 is 1.25 bits per heavy atom. The molecule has 0 saturated heterocycles. The van der Waals surface area contributed by atoms with Gasteiger partial charge in [-0.25, -0.2) is 4.98 Å². The molecule has 2 aliphatic carbocycles. The molecule has 6 N–H and O–H groups in total. The molecule has 0 amide bonds. The number of fused-ring (bicyclic) bond motifs is 1. The van der Waals surface area contributed by atoms with E-state index in [9.17, 15) is 20.1 Å². The van der Waals surface area contributed by atoms with Crippen molar-refractivity contribution >= 4 is 33.3 Å². The normalized spacial score (nSPS) is 28.1. The molecule has 0 spiro atoms. The Morgan fingerprint density at radius 3 is 2.69 bits per heavy atom. The van der Waals surface area contributed by atoms with E-state index < -0.39 is 23.7 Å². The summed E-state index contributed by atoms with van der Waals surface area (Å²) in [5, 5.41) is 38.0. The number of anilines is 2. The number of benzene rings is 1. The van der Waals surface area contributed by atoms with E-state index in [2.05, 4.69) is 25.6 Å². The van der Waals surface area contributed by atoms with Gasteiger partial charge in [-0.3, -0.25) is 9.78 Å². The monoisotopic (exact) mass is 457 g/mol. The smallest absolute Gasteiger partial charge is 0.264 e. The van der Waals surface area contributed by atoms with Crippen molar-refractivity contribution in [2.75, 3.05) is 17.2 Å².